The number of carbonyl (C=O) groups is 2. The number of anilines is 1. The average molecular weight is 560 g/mol. The first-order valence-corrected chi connectivity index (χ1v) is 13.2. The van der Waals surface area contributed by atoms with E-state index in [4.69, 9.17) is 0 Å². The van der Waals surface area contributed by atoms with E-state index in [-0.39, 0.29) is 41.2 Å². The third-order valence-corrected chi connectivity index (χ3v) is 7.53. The predicted molar refractivity (Wildman–Crippen MR) is 129 cm³/mol. The monoisotopic (exact) mass is 559 g/mol. The molecular weight excluding hydrogens is 539 g/mol. The minimum Gasteiger partial charge on any atom is -0.389 e. The van der Waals surface area contributed by atoms with E-state index in [1.807, 2.05) is 12.1 Å². The molecule has 2 aromatic rings. The molecule has 2 heterocycles. The second-order valence-electron chi connectivity index (χ2n) is 9.03. The molecule has 14 heteroatoms. The van der Waals surface area contributed by atoms with Gasteiger partial charge in [-0.15, -0.1) is 0 Å². The lowest BCUT2D eigenvalue weighted by Crippen LogP contribution is -2.62. The molecule has 2 aliphatic heterocycles. The van der Waals surface area contributed by atoms with E-state index in [1.165, 1.54) is 25.1 Å². The van der Waals surface area contributed by atoms with Crippen molar-refractivity contribution in [3.63, 3.8) is 0 Å². The molecule has 1 fully saturated rings. The Labute approximate surface area is 221 Å². The number of carbonyl (C=O) groups excluding carboxylic acids is 2. The third-order valence-electron chi connectivity index (χ3n) is 6.38. The Kier molecular flexibility index (Phi) is 6.89. The Morgan fingerprint density at radius 3 is 2.31 bits per heavy atom. The first-order chi connectivity index (χ1) is 18.2. The summed E-state index contributed by atoms with van der Waals surface area (Å²) in [6.07, 6.45) is -4.77. The van der Waals surface area contributed by atoms with E-state index in [0.29, 0.717) is 11.0 Å². The van der Waals surface area contributed by atoms with Crippen LogP contribution in [0.5, 0.6) is 0 Å². The molecule has 0 saturated carbocycles. The number of alkyl halides is 3. The summed E-state index contributed by atoms with van der Waals surface area (Å²) in [5.41, 5.74) is -1.94. The van der Waals surface area contributed by atoms with Gasteiger partial charge in [0.1, 0.15) is 6.04 Å². The van der Waals surface area contributed by atoms with Gasteiger partial charge in [0.05, 0.1) is 58.6 Å². The van der Waals surface area contributed by atoms with Gasteiger partial charge >= 0.3 is 18.2 Å². The summed E-state index contributed by atoms with van der Waals surface area (Å²) >= 11 is 0. The fraction of sp³-hybridized carbons (Fsp3) is 0.280. The molecular formula is C25H20F3N5O5S. The van der Waals surface area contributed by atoms with Crippen molar-refractivity contribution in [1.82, 2.24) is 9.80 Å². The van der Waals surface area contributed by atoms with Crippen LogP contribution < -0.4 is 4.90 Å². The van der Waals surface area contributed by atoms with Crippen LogP contribution in [0.2, 0.25) is 0 Å². The standard InChI is InChI=1S/C25H20F3N5O5S/c1-14-20(11-30)22(19-7-6-15(10-29)8-21(19)39(2,37)38)33(23(35)31-12-18(34)13-31)24(36)32(14)17-5-3-4-16(9-17)25(26,27)28/h3-9,18,22,34H,12-13H2,1-2H3. The lowest BCUT2D eigenvalue weighted by molar-refractivity contribution is -0.137. The van der Waals surface area contributed by atoms with Crippen molar-refractivity contribution >= 4 is 27.6 Å². The predicted octanol–water partition coefficient (Wildman–Crippen LogP) is 3.56. The summed E-state index contributed by atoms with van der Waals surface area (Å²) in [6, 6.07) is 7.25. The molecule has 1 saturated heterocycles. The smallest absolute Gasteiger partial charge is 0.389 e. The SMILES string of the molecule is CC1=C(C#N)C(c2ccc(C#N)cc2S(C)(=O)=O)N(C(=O)N2CC(O)C2)C(=O)N1c1cccc(C(F)(F)F)c1. The van der Waals surface area contributed by atoms with Crippen LogP contribution in [-0.4, -0.2) is 60.8 Å². The van der Waals surface area contributed by atoms with Crippen molar-refractivity contribution < 1.29 is 36.3 Å². The highest BCUT2D eigenvalue weighted by atomic mass is 32.2. The van der Waals surface area contributed by atoms with Crippen LogP contribution in [0.3, 0.4) is 0 Å². The molecule has 4 rings (SSSR count). The van der Waals surface area contributed by atoms with Crippen LogP contribution in [0.25, 0.3) is 0 Å². The number of aliphatic hydroxyl groups excluding tert-OH is 1. The van der Waals surface area contributed by atoms with Crippen LogP contribution in [-0.2, 0) is 16.0 Å². The number of nitriles is 2. The fourth-order valence-electron chi connectivity index (χ4n) is 4.48. The number of nitrogens with zero attached hydrogens (tertiary/aromatic N) is 5. The van der Waals surface area contributed by atoms with Crippen LogP contribution in [0.1, 0.15) is 29.7 Å². The number of hydrogen-bond acceptors (Lipinski definition) is 7. The van der Waals surface area contributed by atoms with Crippen LogP contribution >= 0.6 is 0 Å². The molecule has 0 aromatic heterocycles. The summed E-state index contributed by atoms with van der Waals surface area (Å²) in [5.74, 6) is 0. The Balaban J connectivity index is 2.00. The van der Waals surface area contributed by atoms with E-state index in [1.54, 1.807) is 0 Å². The quantitative estimate of drug-likeness (QED) is 0.605. The minimum atomic E-state index is -4.75. The highest BCUT2D eigenvalue weighted by molar-refractivity contribution is 7.90. The molecule has 4 amide bonds. The molecule has 2 aliphatic rings. The zero-order valence-electron chi connectivity index (χ0n) is 20.5. The lowest BCUT2D eigenvalue weighted by atomic mass is 9.93. The summed E-state index contributed by atoms with van der Waals surface area (Å²) < 4.78 is 65.7. The van der Waals surface area contributed by atoms with Crippen LogP contribution in [0, 0.1) is 22.7 Å². The highest BCUT2D eigenvalue weighted by Crippen LogP contribution is 2.43. The number of urea groups is 2. The number of hydrogen-bond donors (Lipinski definition) is 1. The molecule has 1 N–H and O–H groups in total. The number of amides is 4. The molecule has 202 valence electrons. The van der Waals surface area contributed by atoms with Crippen molar-refractivity contribution in [3.05, 3.63) is 70.4 Å². The first kappa shape index (κ1) is 27.6. The summed E-state index contributed by atoms with van der Waals surface area (Å²) in [5, 5.41) is 29.2. The maximum Gasteiger partial charge on any atom is 0.416 e. The van der Waals surface area contributed by atoms with E-state index in [9.17, 15) is 46.8 Å². The van der Waals surface area contributed by atoms with Crippen molar-refractivity contribution in [2.24, 2.45) is 0 Å². The summed E-state index contributed by atoms with van der Waals surface area (Å²) in [6.45, 7) is 0.980. The first-order valence-electron chi connectivity index (χ1n) is 11.3. The maximum atomic E-state index is 13.9. The second kappa shape index (κ2) is 9.72. The largest absolute Gasteiger partial charge is 0.416 e. The van der Waals surface area contributed by atoms with Gasteiger partial charge in [-0.2, -0.15) is 23.7 Å². The topological polar surface area (TPSA) is 146 Å². The van der Waals surface area contributed by atoms with Gasteiger partial charge in [-0.3, -0.25) is 4.90 Å². The van der Waals surface area contributed by atoms with E-state index < -0.39 is 50.7 Å². The fourth-order valence-corrected chi connectivity index (χ4v) is 5.43. The van der Waals surface area contributed by atoms with Crippen molar-refractivity contribution in [2.45, 2.75) is 30.1 Å². The van der Waals surface area contributed by atoms with Crippen LogP contribution in [0.15, 0.2) is 58.6 Å². The van der Waals surface area contributed by atoms with E-state index in [0.717, 1.165) is 34.3 Å². The number of aliphatic hydroxyl groups is 1. The van der Waals surface area contributed by atoms with Crippen molar-refractivity contribution in [3.8, 4) is 12.1 Å². The molecule has 1 unspecified atom stereocenters. The number of halogens is 3. The van der Waals surface area contributed by atoms with Gasteiger partial charge < -0.3 is 10.0 Å². The molecule has 2 aromatic carbocycles. The maximum absolute atomic E-state index is 13.9. The van der Waals surface area contributed by atoms with Gasteiger partial charge in [-0.1, -0.05) is 12.1 Å². The summed E-state index contributed by atoms with van der Waals surface area (Å²) in [7, 11) is -4.06. The number of β-amino-alcohol motifs (C(OH)–C–C–N with tert-alkyl or cyclic N) is 1. The molecule has 10 nitrogen and oxygen atoms in total. The third kappa shape index (κ3) is 4.92. The average Bonchev–Trinajstić information content (AvgIpc) is 2.85. The van der Waals surface area contributed by atoms with Gasteiger partial charge in [0.25, 0.3) is 0 Å². The van der Waals surface area contributed by atoms with Gasteiger partial charge in [0.2, 0.25) is 0 Å². The molecule has 0 aliphatic carbocycles. The van der Waals surface area contributed by atoms with E-state index in [2.05, 4.69) is 0 Å². The number of rotatable bonds is 3. The van der Waals surface area contributed by atoms with Crippen molar-refractivity contribution in [1.29, 1.82) is 10.5 Å². The Morgan fingerprint density at radius 2 is 1.77 bits per heavy atom. The molecule has 1 atom stereocenters. The van der Waals surface area contributed by atoms with Gasteiger partial charge in [0, 0.05) is 12.0 Å². The van der Waals surface area contributed by atoms with Crippen molar-refractivity contribution in [2.75, 3.05) is 24.2 Å². The Hall–Kier alpha value is -4.40. The van der Waals surface area contributed by atoms with Gasteiger partial charge in [0.15, 0.2) is 9.84 Å². The zero-order chi connectivity index (χ0) is 28.9. The number of allylic oxidation sites excluding steroid dienone is 1. The number of likely N-dealkylation sites (tertiary alicyclic amines) is 1. The van der Waals surface area contributed by atoms with E-state index >= 15 is 0 Å². The number of imide groups is 1. The molecule has 0 spiro atoms. The normalized spacial score (nSPS) is 18.5. The molecule has 0 radical (unpaired) electrons. The number of benzene rings is 2. The van der Waals surface area contributed by atoms with Crippen LogP contribution in [0.4, 0.5) is 28.4 Å². The minimum absolute atomic E-state index is 0.0325. The molecule has 39 heavy (non-hydrogen) atoms. The Morgan fingerprint density at radius 1 is 1.10 bits per heavy atom. The highest BCUT2D eigenvalue weighted by Gasteiger charge is 2.48. The van der Waals surface area contributed by atoms with Gasteiger partial charge in [-0.25, -0.2) is 22.9 Å². The summed E-state index contributed by atoms with van der Waals surface area (Å²) in [4.78, 5) is 29.5. The zero-order valence-corrected chi connectivity index (χ0v) is 21.3. The van der Waals surface area contributed by atoms with Gasteiger partial charge in [-0.05, 0) is 42.8 Å². The second-order valence-corrected chi connectivity index (χ2v) is 11.0. The Bertz CT molecular complexity index is 1600. The number of sulfone groups is 1. The molecule has 0 bridgehead atoms. The lowest BCUT2D eigenvalue weighted by Gasteiger charge is -2.45.